The van der Waals surface area contributed by atoms with Crippen LogP contribution in [0.2, 0.25) is 0 Å². The minimum Gasteiger partial charge on any atom is -0.497 e. The Hall–Kier alpha value is -2.00. The molecule has 0 saturated carbocycles. The summed E-state index contributed by atoms with van der Waals surface area (Å²) in [4.78, 5) is 4.30. The fourth-order valence-electron chi connectivity index (χ4n) is 2.66. The molecule has 0 unspecified atom stereocenters. The van der Waals surface area contributed by atoms with E-state index in [-0.39, 0.29) is 24.0 Å². The van der Waals surface area contributed by atoms with Crippen LogP contribution < -0.4 is 20.1 Å². The van der Waals surface area contributed by atoms with Gasteiger partial charge in [-0.1, -0.05) is 24.3 Å². The van der Waals surface area contributed by atoms with Crippen molar-refractivity contribution in [3.63, 3.8) is 0 Å². The van der Waals surface area contributed by atoms with E-state index < -0.39 is 0 Å². The molecule has 0 aliphatic heterocycles. The Kier molecular flexibility index (Phi) is 11.4. The van der Waals surface area contributed by atoms with Gasteiger partial charge in [0.1, 0.15) is 11.5 Å². The van der Waals surface area contributed by atoms with Gasteiger partial charge in [-0.2, -0.15) is 0 Å². The monoisotopic (exact) mass is 499 g/mol. The quantitative estimate of drug-likeness (QED) is 0.313. The lowest BCUT2D eigenvalue weighted by molar-refractivity contribution is 0.133. The fraction of sp³-hybridized carbons (Fsp3) is 0.381. The molecule has 0 spiro atoms. The second-order valence-electron chi connectivity index (χ2n) is 5.86. The SMILES string of the molecule is CCOCc1ccccc1CNC(=NC)NCc1ccc(OC)cc1OC.I. The van der Waals surface area contributed by atoms with Gasteiger partial charge in [-0.15, -0.1) is 24.0 Å². The molecule has 0 fully saturated rings. The highest BCUT2D eigenvalue weighted by Crippen LogP contribution is 2.24. The number of halogens is 1. The molecule has 28 heavy (non-hydrogen) atoms. The van der Waals surface area contributed by atoms with Gasteiger partial charge in [0, 0.05) is 38.4 Å². The summed E-state index contributed by atoms with van der Waals surface area (Å²) in [5.74, 6) is 2.27. The molecule has 2 N–H and O–H groups in total. The van der Waals surface area contributed by atoms with Crippen molar-refractivity contribution in [1.82, 2.24) is 10.6 Å². The Morgan fingerprint density at radius 1 is 0.929 bits per heavy atom. The van der Waals surface area contributed by atoms with Crippen LogP contribution in [0.25, 0.3) is 0 Å². The number of hydrogen-bond donors (Lipinski definition) is 2. The predicted molar refractivity (Wildman–Crippen MR) is 124 cm³/mol. The van der Waals surface area contributed by atoms with E-state index in [2.05, 4.69) is 27.8 Å². The lowest BCUT2D eigenvalue weighted by Crippen LogP contribution is -2.36. The van der Waals surface area contributed by atoms with Gasteiger partial charge in [-0.25, -0.2) is 0 Å². The molecule has 0 radical (unpaired) electrons. The van der Waals surface area contributed by atoms with Gasteiger partial charge in [0.05, 0.1) is 20.8 Å². The van der Waals surface area contributed by atoms with Crippen molar-refractivity contribution in [1.29, 1.82) is 0 Å². The summed E-state index contributed by atoms with van der Waals surface area (Å²) in [5, 5.41) is 6.67. The molecular weight excluding hydrogens is 469 g/mol. The first-order chi connectivity index (χ1) is 13.2. The Morgan fingerprint density at radius 2 is 1.61 bits per heavy atom. The molecule has 0 bridgehead atoms. The van der Waals surface area contributed by atoms with Gasteiger partial charge in [-0.05, 0) is 30.2 Å². The lowest BCUT2D eigenvalue weighted by atomic mass is 10.1. The summed E-state index contributed by atoms with van der Waals surface area (Å²) in [6.45, 7) is 4.58. The fourth-order valence-corrected chi connectivity index (χ4v) is 2.66. The highest BCUT2D eigenvalue weighted by molar-refractivity contribution is 14.0. The average Bonchev–Trinajstić information content (AvgIpc) is 2.72. The van der Waals surface area contributed by atoms with Crippen molar-refractivity contribution in [3.8, 4) is 11.5 Å². The van der Waals surface area contributed by atoms with E-state index in [4.69, 9.17) is 14.2 Å². The summed E-state index contributed by atoms with van der Waals surface area (Å²) in [6, 6.07) is 14.0. The van der Waals surface area contributed by atoms with Crippen molar-refractivity contribution in [2.45, 2.75) is 26.6 Å². The van der Waals surface area contributed by atoms with Crippen molar-refractivity contribution in [2.24, 2.45) is 4.99 Å². The molecular formula is C21H30IN3O3. The molecule has 2 aromatic rings. The molecule has 0 aliphatic rings. The maximum atomic E-state index is 5.55. The van der Waals surface area contributed by atoms with E-state index in [1.165, 1.54) is 11.1 Å². The molecule has 2 aromatic carbocycles. The van der Waals surface area contributed by atoms with Crippen LogP contribution in [0, 0.1) is 0 Å². The number of hydrogen-bond acceptors (Lipinski definition) is 4. The minimum atomic E-state index is 0. The second-order valence-corrected chi connectivity index (χ2v) is 5.86. The number of ether oxygens (including phenoxy) is 3. The molecule has 0 heterocycles. The third-order valence-corrected chi connectivity index (χ3v) is 4.19. The van der Waals surface area contributed by atoms with Gasteiger partial charge in [-0.3, -0.25) is 4.99 Å². The summed E-state index contributed by atoms with van der Waals surface area (Å²) < 4.78 is 16.2. The number of benzene rings is 2. The van der Waals surface area contributed by atoms with E-state index >= 15 is 0 Å². The summed E-state index contributed by atoms with van der Waals surface area (Å²) in [7, 11) is 5.05. The summed E-state index contributed by atoms with van der Waals surface area (Å²) in [5.41, 5.74) is 3.40. The molecule has 0 saturated heterocycles. The molecule has 0 amide bonds. The Balaban J connectivity index is 0.00000392. The van der Waals surface area contributed by atoms with Crippen LogP contribution in [0.15, 0.2) is 47.5 Å². The zero-order valence-corrected chi connectivity index (χ0v) is 19.3. The Morgan fingerprint density at radius 3 is 2.21 bits per heavy atom. The van der Waals surface area contributed by atoms with Crippen molar-refractivity contribution >= 4 is 29.9 Å². The number of nitrogens with one attached hydrogen (secondary N) is 2. The standard InChI is InChI=1S/C21H29N3O3.HI/c1-5-27-15-18-9-7-6-8-16(18)13-23-21(22-2)24-14-17-10-11-19(25-3)12-20(17)26-4;/h6-12H,5,13-15H2,1-4H3,(H2,22,23,24);1H. The van der Waals surface area contributed by atoms with Crippen LogP contribution in [-0.4, -0.2) is 33.8 Å². The highest BCUT2D eigenvalue weighted by atomic mass is 127. The van der Waals surface area contributed by atoms with Crippen LogP contribution in [-0.2, 0) is 24.4 Å². The molecule has 0 atom stereocenters. The smallest absolute Gasteiger partial charge is 0.191 e. The maximum Gasteiger partial charge on any atom is 0.191 e. The van der Waals surface area contributed by atoms with Gasteiger partial charge < -0.3 is 24.8 Å². The first-order valence-corrected chi connectivity index (χ1v) is 9.01. The van der Waals surface area contributed by atoms with E-state index in [0.717, 1.165) is 23.0 Å². The number of nitrogens with zero attached hydrogens (tertiary/aromatic N) is 1. The van der Waals surface area contributed by atoms with Gasteiger partial charge in [0.2, 0.25) is 0 Å². The Labute approximate surface area is 184 Å². The number of guanidine groups is 1. The number of methoxy groups -OCH3 is 2. The van der Waals surface area contributed by atoms with Crippen LogP contribution >= 0.6 is 24.0 Å². The van der Waals surface area contributed by atoms with Crippen molar-refractivity contribution < 1.29 is 14.2 Å². The zero-order chi connectivity index (χ0) is 19.5. The van der Waals surface area contributed by atoms with E-state index in [1.54, 1.807) is 21.3 Å². The van der Waals surface area contributed by atoms with Crippen molar-refractivity contribution in [2.75, 3.05) is 27.9 Å². The topological polar surface area (TPSA) is 64.1 Å². The number of rotatable bonds is 9. The van der Waals surface area contributed by atoms with Crippen molar-refractivity contribution in [3.05, 3.63) is 59.2 Å². The molecule has 0 aromatic heterocycles. The van der Waals surface area contributed by atoms with E-state index in [0.29, 0.717) is 26.3 Å². The predicted octanol–water partition coefficient (Wildman–Crippen LogP) is 3.72. The first kappa shape index (κ1) is 24.0. The zero-order valence-electron chi connectivity index (χ0n) is 17.0. The lowest BCUT2D eigenvalue weighted by Gasteiger charge is -2.16. The number of aliphatic imine (C=N–C) groups is 1. The van der Waals surface area contributed by atoms with Gasteiger partial charge >= 0.3 is 0 Å². The van der Waals surface area contributed by atoms with Gasteiger partial charge in [0.25, 0.3) is 0 Å². The molecule has 6 nitrogen and oxygen atoms in total. The van der Waals surface area contributed by atoms with Crippen LogP contribution in [0.5, 0.6) is 11.5 Å². The second kappa shape index (κ2) is 13.2. The van der Waals surface area contributed by atoms with E-state index in [9.17, 15) is 0 Å². The third-order valence-electron chi connectivity index (χ3n) is 4.19. The minimum absolute atomic E-state index is 0. The normalized spacial score (nSPS) is 10.8. The molecule has 154 valence electrons. The van der Waals surface area contributed by atoms with E-state index in [1.807, 2.05) is 37.3 Å². The first-order valence-electron chi connectivity index (χ1n) is 9.01. The summed E-state index contributed by atoms with van der Waals surface area (Å²) >= 11 is 0. The molecule has 2 rings (SSSR count). The Bertz CT molecular complexity index is 753. The van der Waals surface area contributed by atoms with Crippen LogP contribution in [0.1, 0.15) is 23.6 Å². The maximum absolute atomic E-state index is 5.55. The van der Waals surface area contributed by atoms with Crippen LogP contribution in [0.4, 0.5) is 0 Å². The highest BCUT2D eigenvalue weighted by Gasteiger charge is 2.07. The summed E-state index contributed by atoms with van der Waals surface area (Å²) in [6.07, 6.45) is 0. The molecule has 7 heteroatoms. The molecule has 0 aliphatic carbocycles. The average molecular weight is 499 g/mol. The third kappa shape index (κ3) is 7.20. The van der Waals surface area contributed by atoms with Crippen LogP contribution in [0.3, 0.4) is 0 Å². The van der Waals surface area contributed by atoms with Gasteiger partial charge in [0.15, 0.2) is 5.96 Å². The largest absolute Gasteiger partial charge is 0.497 e.